The van der Waals surface area contributed by atoms with E-state index in [4.69, 9.17) is 0 Å². The number of carbonyl (C=O) groups is 1. The third-order valence-electron chi connectivity index (χ3n) is 4.58. The Labute approximate surface area is 149 Å². The Morgan fingerprint density at radius 3 is 2.36 bits per heavy atom. The Morgan fingerprint density at radius 2 is 1.68 bits per heavy atom. The first-order chi connectivity index (χ1) is 12.1. The van der Waals surface area contributed by atoms with Crippen molar-refractivity contribution in [2.75, 3.05) is 5.32 Å². The van der Waals surface area contributed by atoms with Crippen LogP contribution in [-0.4, -0.2) is 21.9 Å². The standard InChI is InChI=1S/C20H26N4O/c1-14-9-11-17(12-10-14)23-20-21-15(2)13-18(24-20)19(25)22-16-7-5-3-4-6-8-16/h9-13,16H,3-8H2,1-2H3,(H,22,25)(H,21,23,24). The Morgan fingerprint density at radius 1 is 1.00 bits per heavy atom. The van der Waals surface area contributed by atoms with Gasteiger partial charge in [-0.25, -0.2) is 9.97 Å². The van der Waals surface area contributed by atoms with Crippen LogP contribution in [0.25, 0.3) is 0 Å². The number of aryl methyl sites for hydroxylation is 2. The van der Waals surface area contributed by atoms with E-state index in [0.29, 0.717) is 11.6 Å². The molecule has 2 N–H and O–H groups in total. The van der Waals surface area contributed by atoms with Gasteiger partial charge >= 0.3 is 0 Å². The fourth-order valence-electron chi connectivity index (χ4n) is 3.19. The molecular formula is C20H26N4O. The molecule has 1 aliphatic rings. The molecule has 0 spiro atoms. The number of carbonyl (C=O) groups excluding carboxylic acids is 1. The minimum Gasteiger partial charge on any atom is -0.348 e. The summed E-state index contributed by atoms with van der Waals surface area (Å²) < 4.78 is 0. The number of benzene rings is 1. The van der Waals surface area contributed by atoms with Crippen molar-refractivity contribution in [1.29, 1.82) is 0 Å². The van der Waals surface area contributed by atoms with Gasteiger partial charge in [0.15, 0.2) is 0 Å². The van der Waals surface area contributed by atoms with Gasteiger partial charge in [0, 0.05) is 17.4 Å². The van der Waals surface area contributed by atoms with Gasteiger partial charge in [-0.3, -0.25) is 4.79 Å². The van der Waals surface area contributed by atoms with Crippen LogP contribution in [-0.2, 0) is 0 Å². The minimum absolute atomic E-state index is 0.107. The van der Waals surface area contributed by atoms with Crippen LogP contribution in [0.1, 0.15) is 60.3 Å². The Kier molecular flexibility index (Phi) is 5.64. The van der Waals surface area contributed by atoms with Crippen molar-refractivity contribution in [3.05, 3.63) is 47.3 Å². The van der Waals surface area contributed by atoms with Gasteiger partial charge in [0.05, 0.1) is 0 Å². The number of anilines is 2. The number of nitrogens with one attached hydrogen (secondary N) is 2. The number of rotatable bonds is 4. The van der Waals surface area contributed by atoms with E-state index < -0.39 is 0 Å². The summed E-state index contributed by atoms with van der Waals surface area (Å²) in [5.41, 5.74) is 3.30. The fourth-order valence-corrected chi connectivity index (χ4v) is 3.19. The second-order valence-electron chi connectivity index (χ2n) is 6.87. The molecule has 0 aliphatic heterocycles. The summed E-state index contributed by atoms with van der Waals surface area (Å²) in [4.78, 5) is 21.4. The van der Waals surface area contributed by atoms with Crippen LogP contribution in [0.15, 0.2) is 30.3 Å². The molecule has 1 amide bonds. The lowest BCUT2D eigenvalue weighted by Crippen LogP contribution is -2.35. The largest absolute Gasteiger partial charge is 0.348 e. The summed E-state index contributed by atoms with van der Waals surface area (Å²) in [6, 6.07) is 10.0. The van der Waals surface area contributed by atoms with Crippen molar-refractivity contribution in [3.63, 3.8) is 0 Å². The molecule has 0 radical (unpaired) electrons. The maximum atomic E-state index is 12.6. The summed E-state index contributed by atoms with van der Waals surface area (Å²) in [5, 5.41) is 6.32. The van der Waals surface area contributed by atoms with Gasteiger partial charge in [0.2, 0.25) is 5.95 Å². The van der Waals surface area contributed by atoms with Crippen LogP contribution in [0.2, 0.25) is 0 Å². The smallest absolute Gasteiger partial charge is 0.270 e. The van der Waals surface area contributed by atoms with Crippen LogP contribution in [0.4, 0.5) is 11.6 Å². The molecule has 1 heterocycles. The zero-order valence-corrected chi connectivity index (χ0v) is 15.0. The summed E-state index contributed by atoms with van der Waals surface area (Å²) in [5.74, 6) is 0.347. The van der Waals surface area contributed by atoms with E-state index in [2.05, 4.69) is 20.6 Å². The van der Waals surface area contributed by atoms with Crippen LogP contribution in [0.5, 0.6) is 0 Å². The summed E-state index contributed by atoms with van der Waals surface area (Å²) in [7, 11) is 0. The molecule has 1 aromatic carbocycles. The van der Waals surface area contributed by atoms with Gasteiger partial charge in [-0.1, -0.05) is 43.4 Å². The number of aromatic nitrogens is 2. The highest BCUT2D eigenvalue weighted by atomic mass is 16.1. The van der Waals surface area contributed by atoms with Crippen LogP contribution < -0.4 is 10.6 Å². The first kappa shape index (κ1) is 17.4. The van der Waals surface area contributed by atoms with Gasteiger partial charge in [-0.15, -0.1) is 0 Å². The average Bonchev–Trinajstić information content (AvgIpc) is 2.85. The van der Waals surface area contributed by atoms with E-state index in [1.54, 1.807) is 6.07 Å². The van der Waals surface area contributed by atoms with Gasteiger partial charge < -0.3 is 10.6 Å². The van der Waals surface area contributed by atoms with Crippen LogP contribution in [0, 0.1) is 13.8 Å². The molecule has 0 saturated heterocycles. The van der Waals surface area contributed by atoms with Crippen LogP contribution in [0.3, 0.4) is 0 Å². The molecule has 0 atom stereocenters. The van der Waals surface area contributed by atoms with Crippen molar-refractivity contribution in [1.82, 2.24) is 15.3 Å². The lowest BCUT2D eigenvalue weighted by molar-refractivity contribution is 0.0928. The highest BCUT2D eigenvalue weighted by molar-refractivity contribution is 5.92. The van der Waals surface area contributed by atoms with E-state index in [-0.39, 0.29) is 11.9 Å². The van der Waals surface area contributed by atoms with E-state index in [9.17, 15) is 4.79 Å². The zero-order chi connectivity index (χ0) is 17.6. The van der Waals surface area contributed by atoms with Crippen molar-refractivity contribution < 1.29 is 4.79 Å². The molecule has 1 fully saturated rings. The molecule has 1 aromatic heterocycles. The molecule has 25 heavy (non-hydrogen) atoms. The molecule has 2 aromatic rings. The minimum atomic E-state index is -0.107. The van der Waals surface area contributed by atoms with Gasteiger partial charge in [-0.05, 0) is 44.9 Å². The zero-order valence-electron chi connectivity index (χ0n) is 15.0. The summed E-state index contributed by atoms with van der Waals surface area (Å²) in [6.45, 7) is 3.92. The molecule has 132 valence electrons. The highest BCUT2D eigenvalue weighted by Gasteiger charge is 2.17. The monoisotopic (exact) mass is 338 g/mol. The quantitative estimate of drug-likeness (QED) is 0.816. The highest BCUT2D eigenvalue weighted by Crippen LogP contribution is 2.18. The van der Waals surface area contributed by atoms with Gasteiger partial charge in [-0.2, -0.15) is 0 Å². The average molecular weight is 338 g/mol. The summed E-state index contributed by atoms with van der Waals surface area (Å²) in [6.07, 6.45) is 7.03. The molecule has 0 bridgehead atoms. The van der Waals surface area contributed by atoms with Crippen molar-refractivity contribution in [2.24, 2.45) is 0 Å². The lowest BCUT2D eigenvalue weighted by Gasteiger charge is -2.16. The maximum Gasteiger partial charge on any atom is 0.270 e. The normalized spacial score (nSPS) is 15.4. The van der Waals surface area contributed by atoms with Gasteiger partial charge in [0.1, 0.15) is 5.69 Å². The van der Waals surface area contributed by atoms with Crippen LogP contribution >= 0.6 is 0 Å². The molecule has 3 rings (SSSR count). The molecule has 1 saturated carbocycles. The molecule has 5 heteroatoms. The van der Waals surface area contributed by atoms with E-state index >= 15 is 0 Å². The number of hydrogen-bond acceptors (Lipinski definition) is 4. The number of amides is 1. The number of hydrogen-bond donors (Lipinski definition) is 2. The van der Waals surface area contributed by atoms with Crippen molar-refractivity contribution >= 4 is 17.5 Å². The Bertz CT molecular complexity index is 719. The second kappa shape index (κ2) is 8.10. The van der Waals surface area contributed by atoms with Gasteiger partial charge in [0.25, 0.3) is 5.91 Å². The Hall–Kier alpha value is -2.43. The van der Waals surface area contributed by atoms with Crippen molar-refractivity contribution in [3.8, 4) is 0 Å². The third-order valence-corrected chi connectivity index (χ3v) is 4.58. The molecule has 5 nitrogen and oxygen atoms in total. The van der Waals surface area contributed by atoms with E-state index in [1.165, 1.54) is 31.2 Å². The predicted molar refractivity (Wildman–Crippen MR) is 100 cm³/mol. The molecular weight excluding hydrogens is 312 g/mol. The second-order valence-corrected chi connectivity index (χ2v) is 6.87. The maximum absolute atomic E-state index is 12.6. The Balaban J connectivity index is 1.71. The van der Waals surface area contributed by atoms with E-state index in [0.717, 1.165) is 24.2 Å². The molecule has 0 unspecified atom stereocenters. The predicted octanol–water partition coefficient (Wildman–Crippen LogP) is 4.29. The lowest BCUT2D eigenvalue weighted by atomic mass is 10.1. The van der Waals surface area contributed by atoms with Crippen molar-refractivity contribution in [2.45, 2.75) is 58.4 Å². The SMILES string of the molecule is Cc1ccc(Nc2nc(C)cc(C(=O)NC3CCCCCC3)n2)cc1. The summed E-state index contributed by atoms with van der Waals surface area (Å²) >= 11 is 0. The van der Waals surface area contributed by atoms with E-state index in [1.807, 2.05) is 38.1 Å². The number of nitrogens with zero attached hydrogens (tertiary/aromatic N) is 2. The first-order valence-electron chi connectivity index (χ1n) is 9.10. The third kappa shape index (κ3) is 5.02. The topological polar surface area (TPSA) is 66.9 Å². The molecule has 1 aliphatic carbocycles. The fraction of sp³-hybridized carbons (Fsp3) is 0.450. The first-order valence-corrected chi connectivity index (χ1v) is 9.10.